The van der Waals surface area contributed by atoms with Crippen molar-refractivity contribution in [3.05, 3.63) is 11.9 Å². The number of nitrogens with two attached hydrogens (primary N) is 1. The standard InChI is InChI=1S/C11H18N4O2/c1-11(2)7(4-8(11)17-3)14-10(16)9-6(12)5-13-15-9/h5,7-8H,4,12H2,1-3H3,(H,13,15)(H,14,16). The van der Waals surface area contributed by atoms with Gasteiger partial charge in [-0.2, -0.15) is 5.10 Å². The molecule has 1 aromatic rings. The number of hydrogen-bond acceptors (Lipinski definition) is 4. The van der Waals surface area contributed by atoms with Crippen LogP contribution < -0.4 is 11.1 Å². The van der Waals surface area contributed by atoms with Crippen molar-refractivity contribution in [3.63, 3.8) is 0 Å². The monoisotopic (exact) mass is 238 g/mol. The average Bonchev–Trinajstić information content (AvgIpc) is 2.69. The second-order valence-corrected chi connectivity index (χ2v) is 5.01. The fraction of sp³-hybridized carbons (Fsp3) is 0.636. The van der Waals surface area contributed by atoms with Crippen molar-refractivity contribution in [1.29, 1.82) is 0 Å². The molecule has 2 rings (SSSR count). The smallest absolute Gasteiger partial charge is 0.271 e. The number of amides is 1. The number of nitrogens with one attached hydrogen (secondary N) is 2. The van der Waals surface area contributed by atoms with Crippen LogP contribution in [0.15, 0.2) is 6.20 Å². The number of aromatic nitrogens is 2. The van der Waals surface area contributed by atoms with Gasteiger partial charge in [-0.25, -0.2) is 0 Å². The Morgan fingerprint density at radius 1 is 1.71 bits per heavy atom. The molecule has 1 saturated carbocycles. The predicted octanol–water partition coefficient (Wildman–Crippen LogP) is 0.535. The van der Waals surface area contributed by atoms with Crippen molar-refractivity contribution >= 4 is 11.6 Å². The first kappa shape index (κ1) is 11.9. The molecule has 1 heterocycles. The van der Waals surface area contributed by atoms with E-state index >= 15 is 0 Å². The lowest BCUT2D eigenvalue weighted by atomic mass is 9.64. The highest BCUT2D eigenvalue weighted by atomic mass is 16.5. The number of ether oxygens (including phenoxy) is 1. The van der Waals surface area contributed by atoms with Crippen LogP contribution in [0.1, 0.15) is 30.8 Å². The van der Waals surface area contributed by atoms with E-state index in [0.29, 0.717) is 11.4 Å². The molecule has 1 aromatic heterocycles. The molecule has 1 aliphatic rings. The zero-order valence-electron chi connectivity index (χ0n) is 10.3. The van der Waals surface area contributed by atoms with Crippen LogP contribution in [-0.4, -0.2) is 35.4 Å². The van der Waals surface area contributed by atoms with Crippen molar-refractivity contribution in [3.8, 4) is 0 Å². The summed E-state index contributed by atoms with van der Waals surface area (Å²) in [5.41, 5.74) is 6.25. The highest BCUT2D eigenvalue weighted by molar-refractivity contribution is 5.97. The molecule has 0 spiro atoms. The van der Waals surface area contributed by atoms with Crippen molar-refractivity contribution in [2.45, 2.75) is 32.4 Å². The Hall–Kier alpha value is -1.56. The molecule has 6 nitrogen and oxygen atoms in total. The molecule has 0 bridgehead atoms. The number of nitrogens with zero attached hydrogens (tertiary/aromatic N) is 1. The highest BCUT2D eigenvalue weighted by Gasteiger charge is 2.49. The topological polar surface area (TPSA) is 93.0 Å². The van der Waals surface area contributed by atoms with Gasteiger partial charge in [0.1, 0.15) is 5.69 Å². The van der Waals surface area contributed by atoms with E-state index in [9.17, 15) is 4.79 Å². The fourth-order valence-corrected chi connectivity index (χ4v) is 2.24. The average molecular weight is 238 g/mol. The normalized spacial score (nSPS) is 26.3. The molecule has 2 atom stereocenters. The van der Waals surface area contributed by atoms with E-state index in [1.807, 2.05) is 0 Å². The Morgan fingerprint density at radius 2 is 2.41 bits per heavy atom. The van der Waals surface area contributed by atoms with E-state index in [1.165, 1.54) is 6.20 Å². The Labute approximate surface area is 99.9 Å². The minimum absolute atomic E-state index is 0.0564. The summed E-state index contributed by atoms with van der Waals surface area (Å²) in [5.74, 6) is -0.215. The lowest BCUT2D eigenvalue weighted by Gasteiger charge is -2.51. The summed E-state index contributed by atoms with van der Waals surface area (Å²) in [7, 11) is 1.69. The first-order valence-electron chi connectivity index (χ1n) is 5.59. The summed E-state index contributed by atoms with van der Waals surface area (Å²) in [5, 5.41) is 9.26. The molecule has 2 unspecified atom stereocenters. The third kappa shape index (κ3) is 1.88. The van der Waals surface area contributed by atoms with Gasteiger partial charge in [0.25, 0.3) is 5.91 Å². The van der Waals surface area contributed by atoms with Crippen molar-refractivity contribution in [2.24, 2.45) is 5.41 Å². The maximum atomic E-state index is 11.9. The predicted molar refractivity (Wildman–Crippen MR) is 63.4 cm³/mol. The number of rotatable bonds is 3. The SMILES string of the molecule is COC1CC(NC(=O)c2[nH]ncc2N)C1(C)C. The van der Waals surface area contributed by atoms with E-state index in [4.69, 9.17) is 10.5 Å². The second-order valence-electron chi connectivity index (χ2n) is 5.01. The first-order chi connectivity index (χ1) is 7.96. The highest BCUT2D eigenvalue weighted by Crippen LogP contribution is 2.42. The molecule has 94 valence electrons. The molecule has 0 saturated heterocycles. The number of aromatic amines is 1. The number of carbonyl (C=O) groups excluding carboxylic acids is 1. The summed E-state index contributed by atoms with van der Waals surface area (Å²) < 4.78 is 5.33. The summed E-state index contributed by atoms with van der Waals surface area (Å²) in [6, 6.07) is 0.0997. The molecule has 0 aliphatic heterocycles. The molecular formula is C11H18N4O2. The van der Waals surface area contributed by atoms with Gasteiger partial charge in [0.05, 0.1) is 18.0 Å². The molecule has 6 heteroatoms. The molecule has 0 aromatic carbocycles. The summed E-state index contributed by atoms with van der Waals surface area (Å²) in [4.78, 5) is 11.9. The maximum Gasteiger partial charge on any atom is 0.271 e. The zero-order valence-corrected chi connectivity index (χ0v) is 10.3. The fourth-order valence-electron chi connectivity index (χ4n) is 2.24. The Morgan fingerprint density at radius 3 is 2.88 bits per heavy atom. The largest absolute Gasteiger partial charge is 0.396 e. The number of nitrogen functional groups attached to an aromatic ring is 1. The first-order valence-corrected chi connectivity index (χ1v) is 5.59. The minimum atomic E-state index is -0.215. The van der Waals surface area contributed by atoms with Crippen LogP contribution in [-0.2, 0) is 4.74 Å². The lowest BCUT2D eigenvalue weighted by molar-refractivity contribution is -0.0942. The molecule has 17 heavy (non-hydrogen) atoms. The van der Waals surface area contributed by atoms with Gasteiger partial charge in [0.2, 0.25) is 0 Å². The summed E-state index contributed by atoms with van der Waals surface area (Å²) in [6.45, 7) is 4.15. The van der Waals surface area contributed by atoms with Gasteiger partial charge in [-0.1, -0.05) is 13.8 Å². The Kier molecular flexibility index (Phi) is 2.82. The number of carbonyl (C=O) groups is 1. The minimum Gasteiger partial charge on any atom is -0.396 e. The van der Waals surface area contributed by atoms with E-state index in [0.717, 1.165) is 6.42 Å². The number of H-pyrrole nitrogens is 1. The van der Waals surface area contributed by atoms with Crippen LogP contribution in [0.5, 0.6) is 0 Å². The van der Waals surface area contributed by atoms with E-state index < -0.39 is 0 Å². The molecule has 0 radical (unpaired) electrons. The van der Waals surface area contributed by atoms with Crippen molar-refractivity contribution in [1.82, 2.24) is 15.5 Å². The maximum absolute atomic E-state index is 11.9. The molecule has 4 N–H and O–H groups in total. The van der Waals surface area contributed by atoms with Crippen molar-refractivity contribution < 1.29 is 9.53 Å². The van der Waals surface area contributed by atoms with Crippen LogP contribution in [0, 0.1) is 5.41 Å². The number of anilines is 1. The third-order valence-electron chi connectivity index (χ3n) is 3.66. The quantitative estimate of drug-likeness (QED) is 0.716. The third-order valence-corrected chi connectivity index (χ3v) is 3.66. The Bertz CT molecular complexity index is 427. The van der Waals surface area contributed by atoms with E-state index in [-0.39, 0.29) is 23.5 Å². The van der Waals surface area contributed by atoms with Gasteiger partial charge in [-0.05, 0) is 6.42 Å². The van der Waals surface area contributed by atoms with E-state index in [1.54, 1.807) is 7.11 Å². The van der Waals surface area contributed by atoms with Crippen molar-refractivity contribution in [2.75, 3.05) is 12.8 Å². The summed E-state index contributed by atoms with van der Waals surface area (Å²) >= 11 is 0. The number of hydrogen-bond donors (Lipinski definition) is 3. The molecule has 1 fully saturated rings. The van der Waals surface area contributed by atoms with Gasteiger partial charge in [0, 0.05) is 18.6 Å². The van der Waals surface area contributed by atoms with Gasteiger partial charge < -0.3 is 15.8 Å². The summed E-state index contributed by atoms with van der Waals surface area (Å²) in [6.07, 6.45) is 2.44. The zero-order chi connectivity index (χ0) is 12.6. The Balaban J connectivity index is 2.00. The van der Waals surface area contributed by atoms with Crippen LogP contribution in [0.2, 0.25) is 0 Å². The second kappa shape index (κ2) is 4.03. The van der Waals surface area contributed by atoms with Gasteiger partial charge in [-0.15, -0.1) is 0 Å². The van der Waals surface area contributed by atoms with Gasteiger partial charge in [0.15, 0.2) is 0 Å². The van der Waals surface area contributed by atoms with Crippen LogP contribution >= 0.6 is 0 Å². The van der Waals surface area contributed by atoms with Crippen LogP contribution in [0.4, 0.5) is 5.69 Å². The van der Waals surface area contributed by atoms with Crippen LogP contribution in [0.3, 0.4) is 0 Å². The van der Waals surface area contributed by atoms with E-state index in [2.05, 4.69) is 29.4 Å². The van der Waals surface area contributed by atoms with Gasteiger partial charge >= 0.3 is 0 Å². The van der Waals surface area contributed by atoms with Crippen LogP contribution in [0.25, 0.3) is 0 Å². The number of methoxy groups -OCH3 is 1. The van der Waals surface area contributed by atoms with Gasteiger partial charge in [-0.3, -0.25) is 9.89 Å². The molecular weight excluding hydrogens is 220 g/mol. The molecule has 1 aliphatic carbocycles. The lowest BCUT2D eigenvalue weighted by Crippen LogP contribution is -2.61. The molecule has 1 amide bonds.